The second-order valence-corrected chi connectivity index (χ2v) is 4.71. The number of hydrogen-bond acceptors (Lipinski definition) is 3. The molecule has 0 saturated heterocycles. The van der Waals surface area contributed by atoms with Gasteiger partial charge in [0.05, 0.1) is 10.7 Å². The predicted octanol–water partition coefficient (Wildman–Crippen LogP) is 3.89. The molecule has 0 fully saturated rings. The summed E-state index contributed by atoms with van der Waals surface area (Å²) in [6, 6.07) is 13.4. The van der Waals surface area contributed by atoms with Gasteiger partial charge in [0.1, 0.15) is 0 Å². The number of anilines is 1. The van der Waals surface area contributed by atoms with Gasteiger partial charge in [-0.05, 0) is 18.2 Å². The molecule has 6 heteroatoms. The molecule has 0 amide bonds. The Bertz CT molecular complexity index is 657. The van der Waals surface area contributed by atoms with Gasteiger partial charge in [0.2, 0.25) is 0 Å². The van der Waals surface area contributed by atoms with Gasteiger partial charge in [-0.2, -0.15) is 5.10 Å². The summed E-state index contributed by atoms with van der Waals surface area (Å²) < 4.78 is 0. The lowest BCUT2D eigenvalue weighted by Crippen LogP contribution is -2.16. The molecule has 0 aromatic heterocycles. The largest absolute Gasteiger partial charge is 0.476 e. The van der Waals surface area contributed by atoms with Gasteiger partial charge in [-0.25, -0.2) is 4.79 Å². The Labute approximate surface area is 125 Å². The van der Waals surface area contributed by atoms with Crippen LogP contribution in [-0.4, -0.2) is 16.8 Å². The molecule has 2 aromatic carbocycles. The first-order valence-corrected chi connectivity index (χ1v) is 6.41. The quantitative estimate of drug-likeness (QED) is 0.665. The minimum Gasteiger partial charge on any atom is -0.476 e. The van der Waals surface area contributed by atoms with Crippen molar-refractivity contribution in [3.05, 3.63) is 64.1 Å². The molecule has 0 aliphatic heterocycles. The molecule has 2 aromatic rings. The van der Waals surface area contributed by atoms with E-state index in [0.717, 1.165) is 0 Å². The van der Waals surface area contributed by atoms with Crippen LogP contribution in [0.25, 0.3) is 0 Å². The van der Waals surface area contributed by atoms with Gasteiger partial charge in [-0.15, -0.1) is 0 Å². The molecule has 0 heterocycles. The number of carboxylic acid groups (broad SMARTS) is 1. The fourth-order valence-corrected chi connectivity index (χ4v) is 1.98. The molecule has 0 unspecified atom stereocenters. The molecular formula is C14H10Cl2N2O2. The lowest BCUT2D eigenvalue weighted by Gasteiger charge is -2.06. The van der Waals surface area contributed by atoms with Crippen LogP contribution in [0.1, 0.15) is 5.56 Å². The van der Waals surface area contributed by atoms with Crippen LogP contribution < -0.4 is 5.43 Å². The average Bonchev–Trinajstić information content (AvgIpc) is 2.42. The summed E-state index contributed by atoms with van der Waals surface area (Å²) in [5, 5.41) is 13.9. The molecular weight excluding hydrogens is 299 g/mol. The summed E-state index contributed by atoms with van der Waals surface area (Å²) in [6.45, 7) is 0. The van der Waals surface area contributed by atoms with Gasteiger partial charge in [0.15, 0.2) is 5.71 Å². The summed E-state index contributed by atoms with van der Waals surface area (Å²) in [5.74, 6) is -1.13. The number of hydrazone groups is 1. The zero-order valence-electron chi connectivity index (χ0n) is 10.2. The molecule has 2 N–H and O–H groups in total. The zero-order chi connectivity index (χ0) is 14.5. The van der Waals surface area contributed by atoms with E-state index in [2.05, 4.69) is 10.5 Å². The predicted molar refractivity (Wildman–Crippen MR) is 80.7 cm³/mol. The highest BCUT2D eigenvalue weighted by Gasteiger charge is 2.12. The molecule has 0 aliphatic carbocycles. The minimum absolute atomic E-state index is 0.100. The highest BCUT2D eigenvalue weighted by atomic mass is 35.5. The first kappa shape index (κ1) is 14.4. The van der Waals surface area contributed by atoms with E-state index in [-0.39, 0.29) is 5.71 Å². The van der Waals surface area contributed by atoms with E-state index in [9.17, 15) is 9.90 Å². The van der Waals surface area contributed by atoms with Gasteiger partial charge in [-0.3, -0.25) is 5.43 Å². The Morgan fingerprint density at radius 1 is 1.10 bits per heavy atom. The lowest BCUT2D eigenvalue weighted by atomic mass is 10.1. The van der Waals surface area contributed by atoms with Gasteiger partial charge in [0, 0.05) is 10.6 Å². The van der Waals surface area contributed by atoms with Gasteiger partial charge < -0.3 is 5.11 Å². The molecule has 0 radical (unpaired) electrons. The standard InChI is InChI=1S/C14H10Cl2N2O2/c15-10-6-7-12(11(16)8-10)17-18-13(14(19)20)9-4-2-1-3-5-9/h1-8,17H,(H,19,20)/b18-13-. The fourth-order valence-electron chi connectivity index (χ4n) is 1.53. The second kappa shape index (κ2) is 6.41. The smallest absolute Gasteiger partial charge is 0.356 e. The lowest BCUT2D eigenvalue weighted by molar-refractivity contribution is -0.129. The number of nitrogens with zero attached hydrogens (tertiary/aromatic N) is 1. The highest BCUT2D eigenvalue weighted by molar-refractivity contribution is 6.42. The Hall–Kier alpha value is -2.04. The zero-order valence-corrected chi connectivity index (χ0v) is 11.7. The van der Waals surface area contributed by atoms with E-state index < -0.39 is 5.97 Å². The number of benzene rings is 2. The SMILES string of the molecule is O=C(O)/C(=N\Nc1ccc(Cl)cc1Cl)c1ccccc1. The average molecular weight is 309 g/mol. The Kier molecular flexibility index (Phi) is 4.61. The van der Waals surface area contributed by atoms with Crippen molar-refractivity contribution in [2.24, 2.45) is 5.10 Å². The maximum absolute atomic E-state index is 11.2. The summed E-state index contributed by atoms with van der Waals surface area (Å²) in [4.78, 5) is 11.2. The Morgan fingerprint density at radius 3 is 2.40 bits per heavy atom. The van der Waals surface area contributed by atoms with Crippen molar-refractivity contribution < 1.29 is 9.90 Å². The van der Waals surface area contributed by atoms with Crippen LogP contribution >= 0.6 is 23.2 Å². The monoisotopic (exact) mass is 308 g/mol. The number of halogens is 2. The van der Waals surface area contributed by atoms with Crippen molar-refractivity contribution in [2.75, 3.05) is 5.43 Å². The third-order valence-corrected chi connectivity index (χ3v) is 3.02. The molecule has 0 aliphatic rings. The molecule has 0 spiro atoms. The summed E-state index contributed by atoms with van der Waals surface area (Å²) >= 11 is 11.8. The minimum atomic E-state index is -1.13. The van der Waals surface area contributed by atoms with Crippen LogP contribution in [0.4, 0.5) is 5.69 Å². The van der Waals surface area contributed by atoms with E-state index in [1.165, 1.54) is 0 Å². The van der Waals surface area contributed by atoms with E-state index >= 15 is 0 Å². The second-order valence-electron chi connectivity index (χ2n) is 3.87. The molecule has 0 atom stereocenters. The Morgan fingerprint density at radius 2 is 1.80 bits per heavy atom. The number of carbonyl (C=O) groups is 1. The third kappa shape index (κ3) is 3.50. The first-order chi connectivity index (χ1) is 9.58. The van der Waals surface area contributed by atoms with Crippen molar-refractivity contribution in [1.82, 2.24) is 0 Å². The van der Waals surface area contributed by atoms with Crippen molar-refractivity contribution in [1.29, 1.82) is 0 Å². The van der Waals surface area contributed by atoms with Gasteiger partial charge in [-0.1, -0.05) is 53.5 Å². The number of nitrogens with one attached hydrogen (secondary N) is 1. The van der Waals surface area contributed by atoms with Crippen LogP contribution in [0.3, 0.4) is 0 Å². The van der Waals surface area contributed by atoms with Crippen LogP contribution in [0, 0.1) is 0 Å². The fraction of sp³-hybridized carbons (Fsp3) is 0. The number of rotatable bonds is 4. The van der Waals surface area contributed by atoms with Crippen molar-refractivity contribution in [2.45, 2.75) is 0 Å². The number of aliphatic carboxylic acids is 1. The van der Waals surface area contributed by atoms with Gasteiger partial charge >= 0.3 is 5.97 Å². The maximum Gasteiger partial charge on any atom is 0.356 e. The van der Waals surface area contributed by atoms with E-state index in [1.54, 1.807) is 48.5 Å². The summed E-state index contributed by atoms with van der Waals surface area (Å²) in [5.41, 5.74) is 3.51. The Balaban J connectivity index is 2.29. The molecule has 20 heavy (non-hydrogen) atoms. The molecule has 0 saturated carbocycles. The van der Waals surface area contributed by atoms with E-state index in [1.807, 2.05) is 0 Å². The molecule has 102 valence electrons. The van der Waals surface area contributed by atoms with Crippen LogP contribution in [0.2, 0.25) is 10.0 Å². The first-order valence-electron chi connectivity index (χ1n) is 5.65. The third-order valence-electron chi connectivity index (χ3n) is 2.47. The van der Waals surface area contributed by atoms with Crippen LogP contribution in [0.5, 0.6) is 0 Å². The number of hydrogen-bond donors (Lipinski definition) is 2. The topological polar surface area (TPSA) is 61.7 Å². The highest BCUT2D eigenvalue weighted by Crippen LogP contribution is 2.25. The van der Waals surface area contributed by atoms with Crippen molar-refractivity contribution in [3.63, 3.8) is 0 Å². The van der Waals surface area contributed by atoms with E-state index in [4.69, 9.17) is 23.2 Å². The molecule has 0 bridgehead atoms. The van der Waals surface area contributed by atoms with Crippen molar-refractivity contribution >= 4 is 40.6 Å². The summed E-state index contributed by atoms with van der Waals surface area (Å²) in [7, 11) is 0. The van der Waals surface area contributed by atoms with Crippen LogP contribution in [0.15, 0.2) is 53.6 Å². The van der Waals surface area contributed by atoms with Gasteiger partial charge in [0.25, 0.3) is 0 Å². The summed E-state index contributed by atoms with van der Waals surface area (Å²) in [6.07, 6.45) is 0. The molecule has 2 rings (SSSR count). The maximum atomic E-state index is 11.2. The van der Waals surface area contributed by atoms with Crippen LogP contribution in [-0.2, 0) is 4.79 Å². The van der Waals surface area contributed by atoms with E-state index in [0.29, 0.717) is 21.3 Å². The van der Waals surface area contributed by atoms with Crippen molar-refractivity contribution in [3.8, 4) is 0 Å². The molecule has 4 nitrogen and oxygen atoms in total. The number of carboxylic acids is 1. The normalized spacial score (nSPS) is 11.2.